The molecule has 0 amide bonds. The molecule has 3 heterocycles. The highest BCUT2D eigenvalue weighted by Crippen LogP contribution is 2.28. The predicted octanol–water partition coefficient (Wildman–Crippen LogP) is 26.9. The highest BCUT2D eigenvalue weighted by molar-refractivity contribution is 5.85. The van der Waals surface area contributed by atoms with Crippen LogP contribution in [0.25, 0.3) is 21.5 Å². The van der Waals surface area contributed by atoms with E-state index in [4.69, 9.17) is 14.2 Å². The fourth-order valence-electron chi connectivity index (χ4n) is 10.7. The minimum atomic E-state index is -0.475. The topological polar surface area (TPSA) is 140 Å². The highest BCUT2D eigenvalue weighted by Gasteiger charge is 2.16. The standard InChI is InChI=1S/C12H11F.C12H12.C9H12.C8H8F2.C8H9F.C8H16.C8H10.C7H14O.C6H8N2.2C6H5NO2.C6H12O2/c1-8-3-6-11-10(7-8)5-4-9(2)12(11)13;1-9-3-5-12-8-10(2)4-6-11(12)7-9;1-7-4-5-8(2)9(3)6-7;1-5-3-7(9)6(2)8(10)4-5;1-6-3-4-7(2)8(9)5-6;2*1-7-3-5-8(2)6-4-7;1-6-3-4-7(2)8-5-6;1-5-3-7-6(2)8-4-5;2*8-7(9)6-4-2-1-3-5-6;1-5-3-7-6(2)8-4-5/h3-7H,1-2H3;3-8H,1-2H3;4-6H,1-3H3;3-4H,1-2H3;3-5H,1-2H3;7-8H,3-6H2,1-2H3;3-6H,1-2H3;6-7H,3-5H2,1-2H3;3-4H,1-2H3;2*1-5H;5-6H,3-4H2,1-2H3. The van der Waals surface area contributed by atoms with Crippen molar-refractivity contribution >= 4 is 32.9 Å². The molecule has 1 saturated carbocycles. The van der Waals surface area contributed by atoms with Crippen LogP contribution in [-0.2, 0) is 14.2 Å². The van der Waals surface area contributed by atoms with Crippen molar-refractivity contribution in [1.82, 2.24) is 9.97 Å². The molecule has 0 bridgehead atoms. The number of non-ortho nitro benzene ring substituents is 2. The van der Waals surface area contributed by atoms with Crippen LogP contribution in [-0.4, -0.2) is 52.0 Å². The minimum absolute atomic E-state index is 0.0196. The lowest BCUT2D eigenvalue weighted by Gasteiger charge is -2.24. The van der Waals surface area contributed by atoms with Crippen molar-refractivity contribution in [1.29, 1.82) is 0 Å². The quantitative estimate of drug-likeness (QED) is 0.0940. The van der Waals surface area contributed by atoms with E-state index in [2.05, 4.69) is 172 Å². The van der Waals surface area contributed by atoms with Crippen LogP contribution in [0.4, 0.5) is 28.9 Å². The van der Waals surface area contributed by atoms with Crippen LogP contribution in [0.15, 0.2) is 213 Å². The number of aryl methyl sites for hydroxylation is 14. The molecule has 1 aliphatic carbocycles. The lowest BCUT2D eigenvalue weighted by molar-refractivity contribution is -0.385. The van der Waals surface area contributed by atoms with Crippen molar-refractivity contribution < 1.29 is 41.6 Å². The SMILES string of the molecule is CC1CCC(C)CC1.CC1CCC(C)OC1.CC1COC(C)OC1.Cc1cc(F)c(C)c(F)c1.Cc1ccc(C)c(C)c1.Cc1ccc(C)c(F)c1.Cc1ccc(C)cc1.Cc1ccc2c(F)c(C)ccc2c1.Cc1ccc2cc(C)ccc2c1.Cc1cnc(C)nc1.O=[N+]([O-])c1ccccc1.O=[N+]([O-])c1ccccc1. The average Bonchev–Trinajstić information content (AvgIpc) is 0.822. The zero-order valence-corrected chi connectivity index (χ0v) is 69.7. The maximum atomic E-state index is 13.5. The van der Waals surface area contributed by atoms with E-state index >= 15 is 0 Å². The van der Waals surface area contributed by atoms with Crippen LogP contribution >= 0.6 is 0 Å². The Balaban J connectivity index is 0.000000315. The third-order valence-corrected chi connectivity index (χ3v) is 18.2. The molecule has 596 valence electrons. The van der Waals surface area contributed by atoms with Gasteiger partial charge in [0, 0.05) is 60.1 Å². The van der Waals surface area contributed by atoms with Crippen LogP contribution in [0, 0.1) is 171 Å². The minimum Gasteiger partial charge on any atom is -0.378 e. The van der Waals surface area contributed by atoms with Crippen LogP contribution in [0.3, 0.4) is 0 Å². The van der Waals surface area contributed by atoms with Crippen LogP contribution in [0.1, 0.15) is 164 Å². The maximum Gasteiger partial charge on any atom is 0.269 e. The molecule has 15 heteroatoms. The predicted molar refractivity (Wildman–Crippen MR) is 454 cm³/mol. The largest absolute Gasteiger partial charge is 0.378 e. The molecule has 0 N–H and O–H groups in total. The van der Waals surface area contributed by atoms with Crippen molar-refractivity contribution in [3.63, 3.8) is 0 Å². The fraction of sp³-hybridized carbons (Fsp3) is 0.375. The summed E-state index contributed by atoms with van der Waals surface area (Å²) in [4.78, 5) is 27.1. The number of benzene rings is 10. The van der Waals surface area contributed by atoms with E-state index in [-0.39, 0.29) is 34.9 Å². The Labute approximate surface area is 660 Å². The summed E-state index contributed by atoms with van der Waals surface area (Å²) in [6.45, 7) is 45.0. The van der Waals surface area contributed by atoms with Crippen molar-refractivity contribution in [2.75, 3.05) is 19.8 Å². The van der Waals surface area contributed by atoms with Gasteiger partial charge >= 0.3 is 0 Å². The molecule has 14 rings (SSSR count). The number of nitro benzene ring substituents is 2. The van der Waals surface area contributed by atoms with E-state index < -0.39 is 21.5 Å². The average molecular weight is 1520 g/mol. The second-order valence-electron chi connectivity index (χ2n) is 29.6. The summed E-state index contributed by atoms with van der Waals surface area (Å²) >= 11 is 0. The first-order valence-electron chi connectivity index (χ1n) is 38.3. The third kappa shape index (κ3) is 40.6. The zero-order chi connectivity index (χ0) is 82.7. The molecule has 2 aliphatic heterocycles. The number of rotatable bonds is 2. The Morgan fingerprint density at radius 1 is 0.333 bits per heavy atom. The number of aromatic nitrogens is 2. The Morgan fingerprint density at radius 2 is 0.694 bits per heavy atom. The van der Waals surface area contributed by atoms with Crippen molar-refractivity contribution in [2.24, 2.45) is 23.7 Å². The molecule has 0 spiro atoms. The van der Waals surface area contributed by atoms with E-state index in [1.165, 1.54) is 138 Å². The van der Waals surface area contributed by atoms with Gasteiger partial charge in [0.15, 0.2) is 6.29 Å². The van der Waals surface area contributed by atoms with Gasteiger partial charge in [-0.15, -0.1) is 0 Å². The number of para-hydroxylation sites is 2. The fourth-order valence-corrected chi connectivity index (χ4v) is 10.7. The Kier molecular flexibility index (Phi) is 44.4. The molecule has 2 atom stereocenters. The molecular formula is C96H122F4N4O7. The van der Waals surface area contributed by atoms with Gasteiger partial charge in [-0.1, -0.05) is 244 Å². The Bertz CT molecular complexity index is 4150. The number of fused-ring (bicyclic) bond motifs is 2. The van der Waals surface area contributed by atoms with Gasteiger partial charge in [-0.05, 0) is 222 Å². The van der Waals surface area contributed by atoms with Gasteiger partial charge < -0.3 is 14.2 Å². The second-order valence-corrected chi connectivity index (χ2v) is 29.6. The zero-order valence-electron chi connectivity index (χ0n) is 69.7. The van der Waals surface area contributed by atoms with E-state index in [0.717, 1.165) is 65.5 Å². The molecule has 3 fully saturated rings. The van der Waals surface area contributed by atoms with Gasteiger partial charge in [0.2, 0.25) is 0 Å². The molecule has 0 radical (unpaired) electrons. The summed E-state index contributed by atoms with van der Waals surface area (Å²) in [7, 11) is 0. The first kappa shape index (κ1) is 95.4. The maximum absolute atomic E-state index is 13.5. The van der Waals surface area contributed by atoms with Gasteiger partial charge in [0.25, 0.3) is 11.4 Å². The number of nitro groups is 2. The number of nitrogens with zero attached hydrogens (tertiary/aromatic N) is 4. The van der Waals surface area contributed by atoms with Crippen molar-refractivity contribution in [2.45, 2.75) is 196 Å². The molecule has 3 aliphatic rings. The molecule has 1 aromatic heterocycles. The normalized spacial score (nSPS) is 16.2. The van der Waals surface area contributed by atoms with Crippen LogP contribution in [0.2, 0.25) is 0 Å². The summed E-state index contributed by atoms with van der Waals surface area (Å²) < 4.78 is 67.0. The van der Waals surface area contributed by atoms with Gasteiger partial charge in [-0.3, -0.25) is 20.2 Å². The molecular weight excluding hydrogens is 1400 g/mol. The molecule has 11 aromatic rings. The van der Waals surface area contributed by atoms with Crippen molar-refractivity contribution in [3.8, 4) is 0 Å². The molecule has 2 saturated heterocycles. The highest BCUT2D eigenvalue weighted by atomic mass is 19.1. The molecule has 2 unspecified atom stereocenters. The lowest BCUT2D eigenvalue weighted by atomic mass is 9.84. The van der Waals surface area contributed by atoms with Gasteiger partial charge in [0.05, 0.1) is 29.2 Å². The number of hydrogen-bond acceptors (Lipinski definition) is 9. The van der Waals surface area contributed by atoms with E-state index in [1.807, 2.05) is 83.4 Å². The van der Waals surface area contributed by atoms with E-state index in [9.17, 15) is 37.8 Å². The number of ether oxygens (including phenoxy) is 3. The smallest absolute Gasteiger partial charge is 0.269 e. The van der Waals surface area contributed by atoms with Crippen molar-refractivity contribution in [3.05, 3.63) is 340 Å². The summed E-state index contributed by atoms with van der Waals surface area (Å²) in [6, 6.07) is 61.4. The van der Waals surface area contributed by atoms with E-state index in [1.54, 1.807) is 63.2 Å². The third-order valence-electron chi connectivity index (χ3n) is 18.2. The van der Waals surface area contributed by atoms with Crippen LogP contribution < -0.4 is 0 Å². The summed E-state index contributed by atoms with van der Waals surface area (Å²) in [5, 5.41) is 24.4. The summed E-state index contributed by atoms with van der Waals surface area (Å²) in [5.41, 5.74) is 15.0. The number of halogens is 4. The lowest BCUT2D eigenvalue weighted by Crippen LogP contribution is -2.27. The van der Waals surface area contributed by atoms with Gasteiger partial charge in [-0.2, -0.15) is 0 Å². The second kappa shape index (κ2) is 51.6. The first-order valence-corrected chi connectivity index (χ1v) is 38.3. The monoisotopic (exact) mass is 1520 g/mol. The van der Waals surface area contributed by atoms with Gasteiger partial charge in [-0.25, -0.2) is 27.5 Å². The van der Waals surface area contributed by atoms with E-state index in [0.29, 0.717) is 34.1 Å². The summed E-state index contributed by atoms with van der Waals surface area (Å²) in [6.07, 6.45) is 12.6. The number of hydrogen-bond donors (Lipinski definition) is 0. The van der Waals surface area contributed by atoms with Gasteiger partial charge in [0.1, 0.15) is 29.1 Å². The van der Waals surface area contributed by atoms with Crippen LogP contribution in [0.5, 0.6) is 0 Å². The molecule has 10 aromatic carbocycles. The summed E-state index contributed by atoms with van der Waals surface area (Å²) in [5.74, 6) is 3.08. The first-order chi connectivity index (χ1) is 52.5. The molecule has 111 heavy (non-hydrogen) atoms. The Morgan fingerprint density at radius 3 is 1.06 bits per heavy atom. The molecule has 11 nitrogen and oxygen atoms in total. The Hall–Kier alpha value is -9.80.